The highest BCUT2D eigenvalue weighted by Gasteiger charge is 2.16. The molecule has 1 aliphatic carbocycles. The van der Waals surface area contributed by atoms with E-state index < -0.39 is 0 Å². The van der Waals surface area contributed by atoms with E-state index in [-0.39, 0.29) is 6.61 Å². The Kier molecular flexibility index (Phi) is 4.79. The lowest BCUT2D eigenvalue weighted by Crippen LogP contribution is -1.98. The van der Waals surface area contributed by atoms with Gasteiger partial charge in [0.2, 0.25) is 0 Å². The molecule has 0 unspecified atom stereocenters. The minimum absolute atomic E-state index is 0.276. The lowest BCUT2D eigenvalue weighted by molar-refractivity contribution is 0.288. The first-order chi connectivity index (χ1) is 7.90. The monoisotopic (exact) mass is 239 g/mol. The standard InChI is InChI=1S/C13H21NOS/c15-9-5-8-13-14-12(10-16-13)11-6-3-1-2-4-7-11/h10-11,15H,1-9H2. The van der Waals surface area contributed by atoms with Crippen LogP contribution in [0.25, 0.3) is 0 Å². The number of aryl methyl sites for hydroxylation is 1. The number of aromatic nitrogens is 1. The van der Waals surface area contributed by atoms with Gasteiger partial charge in [0, 0.05) is 24.3 Å². The maximum atomic E-state index is 8.80. The van der Waals surface area contributed by atoms with Gasteiger partial charge in [0.1, 0.15) is 0 Å². The molecule has 2 nitrogen and oxygen atoms in total. The summed E-state index contributed by atoms with van der Waals surface area (Å²) in [6.45, 7) is 0.276. The summed E-state index contributed by atoms with van der Waals surface area (Å²) in [4.78, 5) is 4.72. The van der Waals surface area contributed by atoms with Crippen molar-refractivity contribution in [2.75, 3.05) is 6.61 Å². The summed E-state index contributed by atoms with van der Waals surface area (Å²) < 4.78 is 0. The van der Waals surface area contributed by atoms with Gasteiger partial charge in [0.15, 0.2) is 0 Å². The molecular weight excluding hydrogens is 218 g/mol. The average molecular weight is 239 g/mol. The van der Waals surface area contributed by atoms with Crippen molar-refractivity contribution in [3.63, 3.8) is 0 Å². The zero-order valence-electron chi connectivity index (χ0n) is 9.82. The molecule has 1 N–H and O–H groups in total. The number of thiazole rings is 1. The van der Waals surface area contributed by atoms with Gasteiger partial charge in [-0.1, -0.05) is 25.7 Å². The predicted octanol–water partition coefficient (Wildman–Crippen LogP) is 3.51. The lowest BCUT2D eigenvalue weighted by Gasteiger charge is -2.10. The molecule has 0 atom stereocenters. The van der Waals surface area contributed by atoms with Crippen LogP contribution in [0.5, 0.6) is 0 Å². The number of aliphatic hydroxyl groups excluding tert-OH is 1. The van der Waals surface area contributed by atoms with Crippen LogP contribution in [-0.4, -0.2) is 16.7 Å². The van der Waals surface area contributed by atoms with Gasteiger partial charge in [-0.3, -0.25) is 0 Å². The Morgan fingerprint density at radius 2 is 2.00 bits per heavy atom. The molecule has 90 valence electrons. The Labute approximate surface area is 102 Å². The van der Waals surface area contributed by atoms with Crippen LogP contribution in [0.4, 0.5) is 0 Å². The quantitative estimate of drug-likeness (QED) is 0.816. The zero-order chi connectivity index (χ0) is 11.2. The third kappa shape index (κ3) is 3.29. The molecule has 1 aliphatic rings. The van der Waals surface area contributed by atoms with Crippen molar-refractivity contribution in [3.8, 4) is 0 Å². The van der Waals surface area contributed by atoms with Crippen molar-refractivity contribution in [1.82, 2.24) is 4.98 Å². The summed E-state index contributed by atoms with van der Waals surface area (Å²) in [5.41, 5.74) is 1.32. The van der Waals surface area contributed by atoms with Crippen LogP contribution in [0.1, 0.15) is 61.6 Å². The van der Waals surface area contributed by atoms with E-state index in [1.807, 2.05) is 0 Å². The maximum Gasteiger partial charge on any atom is 0.0929 e. The maximum absolute atomic E-state index is 8.80. The lowest BCUT2D eigenvalue weighted by atomic mass is 9.98. The van der Waals surface area contributed by atoms with Gasteiger partial charge in [-0.15, -0.1) is 11.3 Å². The molecule has 16 heavy (non-hydrogen) atoms. The van der Waals surface area contributed by atoms with Crippen molar-refractivity contribution >= 4 is 11.3 Å². The molecule has 0 bridgehead atoms. The number of nitrogens with zero attached hydrogens (tertiary/aromatic N) is 1. The summed E-state index contributed by atoms with van der Waals surface area (Å²) in [7, 11) is 0. The van der Waals surface area contributed by atoms with E-state index in [0.29, 0.717) is 5.92 Å². The molecule has 0 aromatic carbocycles. The second-order valence-corrected chi connectivity index (χ2v) is 5.62. The van der Waals surface area contributed by atoms with Crippen molar-refractivity contribution in [1.29, 1.82) is 0 Å². The largest absolute Gasteiger partial charge is 0.396 e. The summed E-state index contributed by atoms with van der Waals surface area (Å²) in [5, 5.41) is 12.2. The first-order valence-corrected chi connectivity index (χ1v) is 7.33. The summed E-state index contributed by atoms with van der Waals surface area (Å²) in [5.74, 6) is 0.710. The molecule has 0 spiro atoms. The summed E-state index contributed by atoms with van der Waals surface area (Å²) in [6, 6.07) is 0. The van der Waals surface area contributed by atoms with Gasteiger partial charge in [0.05, 0.1) is 10.7 Å². The third-order valence-corrected chi connectivity index (χ3v) is 4.32. The van der Waals surface area contributed by atoms with Gasteiger partial charge >= 0.3 is 0 Å². The molecule has 2 rings (SSSR count). The van der Waals surface area contributed by atoms with Gasteiger partial charge in [-0.05, 0) is 19.3 Å². The van der Waals surface area contributed by atoms with Gasteiger partial charge in [-0.25, -0.2) is 4.98 Å². The molecule has 0 radical (unpaired) electrons. The number of rotatable bonds is 4. The first-order valence-electron chi connectivity index (χ1n) is 6.45. The average Bonchev–Trinajstić information content (AvgIpc) is 2.60. The molecule has 1 aromatic rings. The smallest absolute Gasteiger partial charge is 0.0929 e. The fourth-order valence-corrected chi connectivity index (χ4v) is 3.36. The molecule has 0 amide bonds. The van der Waals surface area contributed by atoms with Crippen molar-refractivity contribution in [3.05, 3.63) is 16.1 Å². The van der Waals surface area contributed by atoms with Crippen LogP contribution in [0, 0.1) is 0 Å². The van der Waals surface area contributed by atoms with E-state index in [0.717, 1.165) is 12.8 Å². The summed E-state index contributed by atoms with van der Waals surface area (Å²) >= 11 is 1.77. The van der Waals surface area contributed by atoms with Crippen molar-refractivity contribution in [2.45, 2.75) is 57.3 Å². The van der Waals surface area contributed by atoms with E-state index in [9.17, 15) is 0 Å². The Hall–Kier alpha value is -0.410. The van der Waals surface area contributed by atoms with Gasteiger partial charge in [0.25, 0.3) is 0 Å². The SMILES string of the molecule is OCCCc1nc(C2CCCCCC2)cs1. The Morgan fingerprint density at radius 3 is 2.69 bits per heavy atom. The second-order valence-electron chi connectivity index (χ2n) is 4.68. The van der Waals surface area contributed by atoms with Crippen LogP contribution in [0.2, 0.25) is 0 Å². The van der Waals surface area contributed by atoms with E-state index in [2.05, 4.69) is 5.38 Å². The Bertz CT molecular complexity index is 303. The minimum Gasteiger partial charge on any atom is -0.396 e. The van der Waals surface area contributed by atoms with Gasteiger partial charge < -0.3 is 5.11 Å². The van der Waals surface area contributed by atoms with Crippen molar-refractivity contribution in [2.24, 2.45) is 0 Å². The number of hydrogen-bond donors (Lipinski definition) is 1. The molecule has 3 heteroatoms. The zero-order valence-corrected chi connectivity index (χ0v) is 10.6. The van der Waals surface area contributed by atoms with Crippen LogP contribution in [0.15, 0.2) is 5.38 Å². The summed E-state index contributed by atoms with van der Waals surface area (Å²) in [6.07, 6.45) is 9.97. The number of aliphatic hydroxyl groups is 1. The van der Waals surface area contributed by atoms with E-state index in [1.54, 1.807) is 11.3 Å². The topological polar surface area (TPSA) is 33.1 Å². The Balaban J connectivity index is 1.94. The van der Waals surface area contributed by atoms with Gasteiger partial charge in [-0.2, -0.15) is 0 Å². The molecule has 1 fully saturated rings. The fourth-order valence-electron chi connectivity index (χ4n) is 2.43. The number of hydrogen-bond acceptors (Lipinski definition) is 3. The predicted molar refractivity (Wildman–Crippen MR) is 68.0 cm³/mol. The van der Waals surface area contributed by atoms with Crippen LogP contribution < -0.4 is 0 Å². The van der Waals surface area contributed by atoms with Crippen LogP contribution >= 0.6 is 11.3 Å². The highest BCUT2D eigenvalue weighted by atomic mass is 32.1. The molecular formula is C13H21NOS. The molecule has 1 saturated carbocycles. The highest BCUT2D eigenvalue weighted by Crippen LogP contribution is 2.32. The fraction of sp³-hybridized carbons (Fsp3) is 0.769. The first kappa shape index (κ1) is 12.1. The van der Waals surface area contributed by atoms with E-state index in [1.165, 1.54) is 49.2 Å². The van der Waals surface area contributed by atoms with E-state index in [4.69, 9.17) is 10.1 Å². The van der Waals surface area contributed by atoms with Crippen molar-refractivity contribution < 1.29 is 5.11 Å². The molecule has 0 saturated heterocycles. The third-order valence-electron chi connectivity index (χ3n) is 3.39. The second kappa shape index (κ2) is 6.36. The Morgan fingerprint density at radius 1 is 1.25 bits per heavy atom. The molecule has 1 heterocycles. The molecule has 0 aliphatic heterocycles. The highest BCUT2D eigenvalue weighted by molar-refractivity contribution is 7.09. The molecule has 1 aromatic heterocycles. The normalized spacial score (nSPS) is 18.6. The minimum atomic E-state index is 0.276. The van der Waals surface area contributed by atoms with E-state index >= 15 is 0 Å². The van der Waals surface area contributed by atoms with Crippen LogP contribution in [0.3, 0.4) is 0 Å². The van der Waals surface area contributed by atoms with Crippen LogP contribution in [-0.2, 0) is 6.42 Å².